The van der Waals surface area contributed by atoms with E-state index in [2.05, 4.69) is 11.9 Å². The van der Waals surface area contributed by atoms with Gasteiger partial charge < -0.3 is 20.1 Å². The molecule has 0 aliphatic carbocycles. The highest BCUT2D eigenvalue weighted by Gasteiger charge is 2.31. The lowest BCUT2D eigenvalue weighted by molar-refractivity contribution is -0.131. The molecule has 0 saturated carbocycles. The van der Waals surface area contributed by atoms with E-state index in [-0.39, 0.29) is 36.8 Å². The van der Waals surface area contributed by atoms with Gasteiger partial charge in [-0.25, -0.2) is 4.98 Å². The Kier molecular flexibility index (Phi) is 9.50. The second kappa shape index (κ2) is 10.9. The number of likely N-dealkylation sites (tertiary alicyclic amines) is 1. The number of rotatable bonds is 6. The number of hydrogen-bond donors (Lipinski definition) is 1. The van der Waals surface area contributed by atoms with Gasteiger partial charge >= 0.3 is 0 Å². The van der Waals surface area contributed by atoms with Crippen molar-refractivity contribution in [2.24, 2.45) is 11.7 Å². The van der Waals surface area contributed by atoms with Crippen LogP contribution >= 0.6 is 36.2 Å². The smallest absolute Gasteiger partial charge is 0.228 e. The van der Waals surface area contributed by atoms with Gasteiger partial charge in [-0.05, 0) is 44.0 Å². The predicted octanol–water partition coefficient (Wildman–Crippen LogP) is 3.41. The normalized spacial score (nSPS) is 18.2. The summed E-state index contributed by atoms with van der Waals surface area (Å²) in [4.78, 5) is 19.2. The molecule has 1 saturated heterocycles. The third-order valence-corrected chi connectivity index (χ3v) is 5.77. The van der Waals surface area contributed by atoms with Crippen molar-refractivity contribution >= 4 is 42.1 Å². The van der Waals surface area contributed by atoms with Crippen LogP contribution in [0, 0.1) is 5.92 Å². The number of carbonyl (C=O) groups excluding carboxylic acids is 1. The Morgan fingerprint density at radius 1 is 1.29 bits per heavy atom. The van der Waals surface area contributed by atoms with Crippen molar-refractivity contribution in [1.29, 1.82) is 0 Å². The minimum absolute atomic E-state index is 0. The van der Waals surface area contributed by atoms with E-state index < -0.39 is 0 Å². The SMILES string of the molecule is COc1ccc(-c2nc(CC(=O)N3CC(CN)CC3C)cs2)cc1OC.Cl.Cl. The number of nitrogens with two attached hydrogens (primary N) is 1. The van der Waals surface area contributed by atoms with Crippen molar-refractivity contribution < 1.29 is 14.3 Å². The Morgan fingerprint density at radius 3 is 2.61 bits per heavy atom. The zero-order valence-electron chi connectivity index (χ0n) is 16.2. The lowest BCUT2D eigenvalue weighted by Crippen LogP contribution is -2.35. The van der Waals surface area contributed by atoms with Crippen LogP contribution < -0.4 is 15.2 Å². The number of ether oxygens (including phenoxy) is 2. The highest BCUT2D eigenvalue weighted by molar-refractivity contribution is 7.13. The van der Waals surface area contributed by atoms with Crippen LogP contribution in [0.15, 0.2) is 23.6 Å². The van der Waals surface area contributed by atoms with Crippen molar-refractivity contribution in [1.82, 2.24) is 9.88 Å². The van der Waals surface area contributed by atoms with E-state index in [9.17, 15) is 4.79 Å². The molecule has 2 N–H and O–H groups in total. The van der Waals surface area contributed by atoms with Gasteiger partial charge in [-0.1, -0.05) is 0 Å². The summed E-state index contributed by atoms with van der Waals surface area (Å²) in [5.74, 6) is 1.88. The molecule has 1 fully saturated rings. The fourth-order valence-electron chi connectivity index (χ4n) is 3.41. The molecule has 2 unspecified atom stereocenters. The largest absolute Gasteiger partial charge is 0.493 e. The van der Waals surface area contributed by atoms with Gasteiger partial charge in [0.05, 0.1) is 26.3 Å². The van der Waals surface area contributed by atoms with Crippen LogP contribution in [0.25, 0.3) is 10.6 Å². The first kappa shape index (κ1) is 24.5. The van der Waals surface area contributed by atoms with Crippen LogP contribution in [0.2, 0.25) is 0 Å². The van der Waals surface area contributed by atoms with Crippen molar-refractivity contribution in [3.8, 4) is 22.1 Å². The van der Waals surface area contributed by atoms with E-state index in [0.717, 1.165) is 29.2 Å². The number of halogens is 2. The summed E-state index contributed by atoms with van der Waals surface area (Å²) >= 11 is 1.53. The van der Waals surface area contributed by atoms with Gasteiger partial charge in [-0.2, -0.15) is 0 Å². The standard InChI is InChI=1S/C19H25N3O3S.2ClH/c1-12-6-13(9-20)10-22(12)18(23)8-15-11-26-19(21-15)14-4-5-16(24-2)17(7-14)25-3;;/h4-5,7,11-13H,6,8-10,20H2,1-3H3;2*1H. The number of nitrogens with zero attached hydrogens (tertiary/aromatic N) is 2. The van der Waals surface area contributed by atoms with Crippen LogP contribution in [0.3, 0.4) is 0 Å². The van der Waals surface area contributed by atoms with Crippen LogP contribution in [-0.2, 0) is 11.2 Å². The first-order valence-corrected chi connectivity index (χ1v) is 9.60. The van der Waals surface area contributed by atoms with Crippen molar-refractivity contribution in [3.63, 3.8) is 0 Å². The summed E-state index contributed by atoms with van der Waals surface area (Å²) in [6.45, 7) is 3.47. The molecular weight excluding hydrogens is 421 g/mol. The molecule has 3 rings (SSSR count). The molecule has 156 valence electrons. The Bertz CT molecular complexity index is 788. The molecule has 28 heavy (non-hydrogen) atoms. The maximum Gasteiger partial charge on any atom is 0.228 e. The molecule has 2 heterocycles. The molecule has 1 aliphatic rings. The minimum Gasteiger partial charge on any atom is -0.493 e. The summed E-state index contributed by atoms with van der Waals surface area (Å²) in [5.41, 5.74) is 7.50. The van der Waals surface area contributed by atoms with Crippen molar-refractivity contribution in [2.75, 3.05) is 27.3 Å². The minimum atomic E-state index is 0. The van der Waals surface area contributed by atoms with E-state index in [1.54, 1.807) is 14.2 Å². The Hall–Kier alpha value is -1.54. The summed E-state index contributed by atoms with van der Waals surface area (Å²) in [6, 6.07) is 5.96. The topological polar surface area (TPSA) is 77.7 Å². The molecular formula is C19H27Cl2N3O3S. The number of methoxy groups -OCH3 is 2. The van der Waals surface area contributed by atoms with Gasteiger partial charge in [0.1, 0.15) is 5.01 Å². The molecule has 0 radical (unpaired) electrons. The maximum absolute atomic E-state index is 12.6. The number of benzene rings is 1. The number of aromatic nitrogens is 1. The zero-order valence-corrected chi connectivity index (χ0v) is 18.7. The number of hydrogen-bond acceptors (Lipinski definition) is 6. The Balaban J connectivity index is 0.00000196. The fourth-order valence-corrected chi connectivity index (χ4v) is 4.22. The van der Waals surface area contributed by atoms with Crippen LogP contribution in [0.1, 0.15) is 19.0 Å². The third kappa shape index (κ3) is 5.29. The first-order chi connectivity index (χ1) is 12.5. The van der Waals surface area contributed by atoms with Crippen LogP contribution in [0.4, 0.5) is 0 Å². The van der Waals surface area contributed by atoms with E-state index in [1.165, 1.54) is 11.3 Å². The third-order valence-electron chi connectivity index (χ3n) is 4.83. The molecule has 1 amide bonds. The van der Waals surface area contributed by atoms with Crippen molar-refractivity contribution in [3.05, 3.63) is 29.3 Å². The van der Waals surface area contributed by atoms with Gasteiger partial charge in [-0.15, -0.1) is 36.2 Å². The zero-order chi connectivity index (χ0) is 18.7. The van der Waals surface area contributed by atoms with Gasteiger partial charge in [0.15, 0.2) is 11.5 Å². The molecule has 0 spiro atoms. The molecule has 9 heteroatoms. The van der Waals surface area contributed by atoms with E-state index in [4.69, 9.17) is 15.2 Å². The van der Waals surface area contributed by atoms with Crippen LogP contribution in [-0.4, -0.2) is 49.1 Å². The monoisotopic (exact) mass is 447 g/mol. The van der Waals surface area contributed by atoms with Crippen molar-refractivity contribution in [2.45, 2.75) is 25.8 Å². The second-order valence-corrected chi connectivity index (χ2v) is 7.48. The van der Waals surface area contributed by atoms with Gasteiger partial charge in [0.25, 0.3) is 0 Å². The highest BCUT2D eigenvalue weighted by atomic mass is 35.5. The van der Waals surface area contributed by atoms with Gasteiger partial charge in [0, 0.05) is 23.5 Å². The highest BCUT2D eigenvalue weighted by Crippen LogP contribution is 2.33. The Morgan fingerprint density at radius 2 is 2.00 bits per heavy atom. The molecule has 1 aromatic heterocycles. The molecule has 1 aliphatic heterocycles. The molecule has 2 atom stereocenters. The summed E-state index contributed by atoms with van der Waals surface area (Å²) in [5, 5.41) is 2.81. The number of carbonyl (C=O) groups is 1. The Labute approximate surface area is 182 Å². The first-order valence-electron chi connectivity index (χ1n) is 8.72. The number of amides is 1. The van der Waals surface area contributed by atoms with Gasteiger partial charge in [0.2, 0.25) is 5.91 Å². The maximum atomic E-state index is 12.6. The number of thiazole rings is 1. The molecule has 6 nitrogen and oxygen atoms in total. The summed E-state index contributed by atoms with van der Waals surface area (Å²) < 4.78 is 10.6. The van der Waals surface area contributed by atoms with E-state index in [0.29, 0.717) is 30.4 Å². The second-order valence-electron chi connectivity index (χ2n) is 6.62. The fraction of sp³-hybridized carbons (Fsp3) is 0.474. The summed E-state index contributed by atoms with van der Waals surface area (Å²) in [7, 11) is 3.22. The predicted molar refractivity (Wildman–Crippen MR) is 117 cm³/mol. The van der Waals surface area contributed by atoms with Gasteiger partial charge in [-0.3, -0.25) is 4.79 Å². The van der Waals surface area contributed by atoms with E-state index >= 15 is 0 Å². The van der Waals surface area contributed by atoms with Crippen LogP contribution in [0.5, 0.6) is 11.5 Å². The lowest BCUT2D eigenvalue weighted by Gasteiger charge is -2.21. The molecule has 0 bridgehead atoms. The van der Waals surface area contributed by atoms with E-state index in [1.807, 2.05) is 28.5 Å². The average molecular weight is 448 g/mol. The molecule has 1 aromatic carbocycles. The summed E-state index contributed by atoms with van der Waals surface area (Å²) in [6.07, 6.45) is 1.31. The molecule has 2 aromatic rings. The quantitative estimate of drug-likeness (QED) is 0.733. The lowest BCUT2D eigenvalue weighted by atomic mass is 10.1. The average Bonchev–Trinajstić information content (AvgIpc) is 3.27.